The van der Waals surface area contributed by atoms with Crippen molar-refractivity contribution >= 4 is 0 Å². The van der Waals surface area contributed by atoms with Crippen LogP contribution >= 0.6 is 0 Å². The number of hydrogen-bond acceptors (Lipinski definition) is 2. The molecule has 1 fully saturated rings. The quantitative estimate of drug-likeness (QED) is 0.521. The summed E-state index contributed by atoms with van der Waals surface area (Å²) >= 11 is 0. The molecule has 0 aliphatic carbocycles. The van der Waals surface area contributed by atoms with Crippen molar-refractivity contribution in [2.75, 3.05) is 26.2 Å². The molecular formula is C8H18N2. The van der Waals surface area contributed by atoms with E-state index >= 15 is 0 Å². The highest BCUT2D eigenvalue weighted by Crippen LogP contribution is 1.93. The highest BCUT2D eigenvalue weighted by atomic mass is 14.9. The Kier molecular flexibility index (Phi) is 4.56. The summed E-state index contributed by atoms with van der Waals surface area (Å²) in [4.78, 5) is 0. The molecule has 1 rings (SSSR count). The molecule has 0 unspecified atom stereocenters. The number of rotatable bonds is 0. The third kappa shape index (κ3) is 3.85. The minimum absolute atomic E-state index is 1.19. The minimum atomic E-state index is 1.19. The Bertz CT molecular complexity index is 40.4. The Hall–Kier alpha value is -0.0800. The smallest absolute Gasteiger partial charge is 0.00368 e. The van der Waals surface area contributed by atoms with Crippen molar-refractivity contribution in [1.29, 1.82) is 0 Å². The SMILES string of the molecule is C1CCNCCCNCC1. The first-order valence-electron chi connectivity index (χ1n) is 4.41. The van der Waals surface area contributed by atoms with Gasteiger partial charge in [-0.15, -0.1) is 0 Å². The van der Waals surface area contributed by atoms with Gasteiger partial charge >= 0.3 is 0 Å². The predicted molar refractivity (Wildman–Crippen MR) is 44.2 cm³/mol. The molecule has 1 aliphatic rings. The molecule has 0 aromatic carbocycles. The highest BCUT2D eigenvalue weighted by Gasteiger charge is 1.93. The van der Waals surface area contributed by atoms with Gasteiger partial charge in [0, 0.05) is 0 Å². The van der Waals surface area contributed by atoms with Crippen LogP contribution in [-0.4, -0.2) is 26.2 Å². The van der Waals surface area contributed by atoms with E-state index in [2.05, 4.69) is 10.6 Å². The Morgan fingerprint density at radius 2 is 1.00 bits per heavy atom. The van der Waals surface area contributed by atoms with E-state index < -0.39 is 0 Å². The van der Waals surface area contributed by atoms with Crippen LogP contribution in [0.25, 0.3) is 0 Å². The normalized spacial score (nSPS) is 24.0. The van der Waals surface area contributed by atoms with E-state index in [1.54, 1.807) is 0 Å². The van der Waals surface area contributed by atoms with Crippen LogP contribution in [0.3, 0.4) is 0 Å². The van der Waals surface area contributed by atoms with Crippen LogP contribution in [0.2, 0.25) is 0 Å². The molecule has 1 saturated heterocycles. The molecule has 1 heterocycles. The summed E-state index contributed by atoms with van der Waals surface area (Å²) in [7, 11) is 0. The Labute approximate surface area is 63.4 Å². The van der Waals surface area contributed by atoms with Crippen molar-refractivity contribution in [2.45, 2.75) is 25.7 Å². The fourth-order valence-corrected chi connectivity index (χ4v) is 1.27. The van der Waals surface area contributed by atoms with Gasteiger partial charge in [0.25, 0.3) is 0 Å². The molecule has 2 nitrogen and oxygen atoms in total. The van der Waals surface area contributed by atoms with Gasteiger partial charge in [0.15, 0.2) is 0 Å². The fourth-order valence-electron chi connectivity index (χ4n) is 1.27. The lowest BCUT2D eigenvalue weighted by atomic mass is 10.2. The van der Waals surface area contributed by atoms with Crippen molar-refractivity contribution in [3.8, 4) is 0 Å². The first kappa shape index (κ1) is 8.02. The molecule has 0 amide bonds. The van der Waals surface area contributed by atoms with E-state index in [0.29, 0.717) is 0 Å². The third-order valence-electron chi connectivity index (χ3n) is 1.91. The zero-order chi connectivity index (χ0) is 7.07. The highest BCUT2D eigenvalue weighted by molar-refractivity contribution is 4.56. The van der Waals surface area contributed by atoms with Crippen LogP contribution in [0.15, 0.2) is 0 Å². The van der Waals surface area contributed by atoms with Gasteiger partial charge < -0.3 is 10.6 Å². The monoisotopic (exact) mass is 142 g/mol. The van der Waals surface area contributed by atoms with E-state index in [-0.39, 0.29) is 0 Å². The van der Waals surface area contributed by atoms with Crippen LogP contribution in [0.4, 0.5) is 0 Å². The van der Waals surface area contributed by atoms with Gasteiger partial charge in [-0.25, -0.2) is 0 Å². The summed E-state index contributed by atoms with van der Waals surface area (Å²) in [5.41, 5.74) is 0. The molecule has 0 aromatic heterocycles. The maximum Gasteiger partial charge on any atom is -0.00368 e. The number of hydrogen-bond donors (Lipinski definition) is 2. The lowest BCUT2D eigenvalue weighted by molar-refractivity contribution is 0.523. The summed E-state index contributed by atoms with van der Waals surface area (Å²) in [5.74, 6) is 0. The molecule has 0 bridgehead atoms. The summed E-state index contributed by atoms with van der Waals surface area (Å²) in [6.07, 6.45) is 5.35. The molecule has 0 atom stereocenters. The van der Waals surface area contributed by atoms with Gasteiger partial charge in [-0.05, 0) is 45.4 Å². The summed E-state index contributed by atoms with van der Waals surface area (Å²) < 4.78 is 0. The molecule has 0 spiro atoms. The summed E-state index contributed by atoms with van der Waals surface area (Å²) in [6, 6.07) is 0. The standard InChI is InChI=1S/C8H18N2/c1-2-5-9-7-4-8-10-6-3-1/h9-10H,1-8H2. The van der Waals surface area contributed by atoms with E-state index in [0.717, 1.165) is 0 Å². The second-order valence-corrected chi connectivity index (χ2v) is 2.91. The molecule has 0 aromatic rings. The van der Waals surface area contributed by atoms with Crippen LogP contribution in [-0.2, 0) is 0 Å². The van der Waals surface area contributed by atoms with Crippen LogP contribution < -0.4 is 10.6 Å². The molecular weight excluding hydrogens is 124 g/mol. The number of nitrogens with one attached hydrogen (secondary N) is 2. The predicted octanol–water partition coefficient (Wildman–Crippen LogP) is 0.740. The second-order valence-electron chi connectivity index (χ2n) is 2.91. The molecule has 2 heteroatoms. The minimum Gasteiger partial charge on any atom is -0.317 e. The van der Waals surface area contributed by atoms with Crippen molar-refractivity contribution < 1.29 is 0 Å². The van der Waals surface area contributed by atoms with Crippen LogP contribution in [0.5, 0.6) is 0 Å². The molecule has 0 radical (unpaired) electrons. The van der Waals surface area contributed by atoms with Gasteiger partial charge in [-0.2, -0.15) is 0 Å². The zero-order valence-electron chi connectivity index (χ0n) is 6.66. The maximum absolute atomic E-state index is 3.42. The topological polar surface area (TPSA) is 24.1 Å². The average molecular weight is 142 g/mol. The van der Waals surface area contributed by atoms with Crippen LogP contribution in [0, 0.1) is 0 Å². The van der Waals surface area contributed by atoms with E-state index in [1.165, 1.54) is 51.9 Å². The lowest BCUT2D eigenvalue weighted by Gasteiger charge is -2.09. The lowest BCUT2D eigenvalue weighted by Crippen LogP contribution is -2.25. The van der Waals surface area contributed by atoms with Gasteiger partial charge in [-0.1, -0.05) is 6.42 Å². The molecule has 10 heavy (non-hydrogen) atoms. The van der Waals surface area contributed by atoms with Gasteiger partial charge in [0.05, 0.1) is 0 Å². The Balaban J connectivity index is 2.00. The molecule has 1 aliphatic heterocycles. The largest absolute Gasteiger partial charge is 0.317 e. The molecule has 2 N–H and O–H groups in total. The van der Waals surface area contributed by atoms with Gasteiger partial charge in [-0.3, -0.25) is 0 Å². The van der Waals surface area contributed by atoms with Crippen molar-refractivity contribution in [3.63, 3.8) is 0 Å². The summed E-state index contributed by atoms with van der Waals surface area (Å²) in [6.45, 7) is 4.82. The summed E-state index contributed by atoms with van der Waals surface area (Å²) in [5, 5.41) is 6.83. The molecule has 60 valence electrons. The zero-order valence-corrected chi connectivity index (χ0v) is 6.66. The Morgan fingerprint density at radius 1 is 0.500 bits per heavy atom. The van der Waals surface area contributed by atoms with E-state index in [1.807, 2.05) is 0 Å². The van der Waals surface area contributed by atoms with Crippen molar-refractivity contribution in [3.05, 3.63) is 0 Å². The first-order valence-corrected chi connectivity index (χ1v) is 4.41. The first-order chi connectivity index (χ1) is 5.00. The van der Waals surface area contributed by atoms with E-state index in [4.69, 9.17) is 0 Å². The van der Waals surface area contributed by atoms with Gasteiger partial charge in [0.1, 0.15) is 0 Å². The molecule has 0 saturated carbocycles. The maximum atomic E-state index is 3.42. The van der Waals surface area contributed by atoms with Gasteiger partial charge in [0.2, 0.25) is 0 Å². The van der Waals surface area contributed by atoms with E-state index in [9.17, 15) is 0 Å². The second kappa shape index (κ2) is 5.69. The Morgan fingerprint density at radius 3 is 1.60 bits per heavy atom. The fraction of sp³-hybridized carbons (Fsp3) is 1.00. The van der Waals surface area contributed by atoms with Crippen molar-refractivity contribution in [1.82, 2.24) is 10.6 Å². The van der Waals surface area contributed by atoms with Crippen molar-refractivity contribution in [2.24, 2.45) is 0 Å². The average Bonchev–Trinajstić information content (AvgIpc) is 2.01. The van der Waals surface area contributed by atoms with Crippen LogP contribution in [0.1, 0.15) is 25.7 Å². The third-order valence-corrected chi connectivity index (χ3v) is 1.91.